The summed E-state index contributed by atoms with van der Waals surface area (Å²) in [7, 11) is 3.42. The summed E-state index contributed by atoms with van der Waals surface area (Å²) in [6.45, 7) is 2.34. The number of nitrogens with zero attached hydrogens (tertiary/aromatic N) is 1. The summed E-state index contributed by atoms with van der Waals surface area (Å²) in [6, 6.07) is 0.897. The van der Waals surface area contributed by atoms with Crippen molar-refractivity contribution >= 4 is 11.8 Å². The van der Waals surface area contributed by atoms with Gasteiger partial charge in [0.05, 0.1) is 11.8 Å². The van der Waals surface area contributed by atoms with Gasteiger partial charge in [-0.1, -0.05) is 6.92 Å². The molecule has 2 amide bonds. The summed E-state index contributed by atoms with van der Waals surface area (Å²) in [5, 5.41) is 6.09. The third-order valence-corrected chi connectivity index (χ3v) is 4.24. The normalized spacial score (nSPS) is 31.2. The molecule has 2 aliphatic heterocycles. The average Bonchev–Trinajstić information content (AvgIpc) is 2.98. The van der Waals surface area contributed by atoms with E-state index in [9.17, 15) is 9.59 Å². The Balaban J connectivity index is 1.87. The highest BCUT2D eigenvalue weighted by Crippen LogP contribution is 2.34. The van der Waals surface area contributed by atoms with E-state index in [1.807, 2.05) is 6.92 Å². The molecule has 102 valence electrons. The van der Waals surface area contributed by atoms with Crippen LogP contribution in [0.5, 0.6) is 0 Å². The number of hydrogen-bond donors (Lipinski definition) is 2. The minimum absolute atomic E-state index is 0.0132. The quantitative estimate of drug-likeness (QED) is 0.739. The number of rotatable bonds is 4. The van der Waals surface area contributed by atoms with Crippen molar-refractivity contribution in [2.45, 2.75) is 38.3 Å². The topological polar surface area (TPSA) is 61.4 Å². The highest BCUT2D eigenvalue weighted by atomic mass is 16.2. The van der Waals surface area contributed by atoms with Crippen LogP contribution in [0.15, 0.2) is 0 Å². The number of carbonyl (C=O) groups excluding carboxylic acids is 2. The van der Waals surface area contributed by atoms with Crippen molar-refractivity contribution in [2.75, 3.05) is 20.6 Å². The Morgan fingerprint density at radius 2 is 2.17 bits per heavy atom. The first-order valence-corrected chi connectivity index (χ1v) is 6.75. The summed E-state index contributed by atoms with van der Waals surface area (Å²) >= 11 is 0. The van der Waals surface area contributed by atoms with Crippen molar-refractivity contribution in [3.05, 3.63) is 0 Å². The standard InChI is InChI=1S/C13H23N3O2/c1-8(12(17)14-2)7-16(3)13(18)10-6-9-4-5-11(10)15-9/h8-11,15H,4-7H2,1-3H3,(H,14,17). The third kappa shape index (κ3) is 2.51. The fourth-order valence-electron chi connectivity index (χ4n) is 3.21. The van der Waals surface area contributed by atoms with Gasteiger partial charge in [-0.05, 0) is 19.3 Å². The molecule has 2 saturated heterocycles. The molecule has 0 spiro atoms. The van der Waals surface area contributed by atoms with E-state index in [1.165, 1.54) is 6.42 Å². The molecule has 4 atom stereocenters. The SMILES string of the molecule is CNC(=O)C(C)CN(C)C(=O)C1CC2CCC1N2. The number of fused-ring (bicyclic) bond motifs is 2. The third-order valence-electron chi connectivity index (χ3n) is 4.24. The van der Waals surface area contributed by atoms with Crippen LogP contribution >= 0.6 is 0 Å². The molecule has 0 saturated carbocycles. The van der Waals surface area contributed by atoms with Gasteiger partial charge in [0.1, 0.15) is 0 Å². The fraction of sp³-hybridized carbons (Fsp3) is 0.846. The molecule has 5 nitrogen and oxygen atoms in total. The van der Waals surface area contributed by atoms with Crippen LogP contribution in [0.3, 0.4) is 0 Å². The first-order valence-electron chi connectivity index (χ1n) is 6.75. The molecule has 2 bridgehead atoms. The van der Waals surface area contributed by atoms with Crippen LogP contribution in [0.25, 0.3) is 0 Å². The molecule has 0 radical (unpaired) electrons. The van der Waals surface area contributed by atoms with Gasteiger partial charge in [-0.15, -0.1) is 0 Å². The lowest BCUT2D eigenvalue weighted by Gasteiger charge is -2.27. The molecule has 4 unspecified atom stereocenters. The Morgan fingerprint density at radius 3 is 2.67 bits per heavy atom. The van der Waals surface area contributed by atoms with E-state index in [0.717, 1.165) is 12.8 Å². The zero-order valence-corrected chi connectivity index (χ0v) is 11.4. The maximum atomic E-state index is 12.3. The van der Waals surface area contributed by atoms with E-state index in [-0.39, 0.29) is 23.7 Å². The first kappa shape index (κ1) is 13.3. The molecule has 2 N–H and O–H groups in total. The second-order valence-electron chi connectivity index (χ2n) is 5.62. The summed E-state index contributed by atoms with van der Waals surface area (Å²) in [6.07, 6.45) is 3.27. The predicted octanol–water partition coefficient (Wildman–Crippen LogP) is -0.0326. The lowest BCUT2D eigenvalue weighted by molar-refractivity contribution is -0.136. The minimum Gasteiger partial charge on any atom is -0.359 e. The van der Waals surface area contributed by atoms with Crippen molar-refractivity contribution in [2.24, 2.45) is 11.8 Å². The zero-order chi connectivity index (χ0) is 13.3. The number of nitrogens with one attached hydrogen (secondary N) is 2. The van der Waals surface area contributed by atoms with Crippen molar-refractivity contribution in [1.82, 2.24) is 15.5 Å². The van der Waals surface area contributed by atoms with Crippen molar-refractivity contribution in [1.29, 1.82) is 0 Å². The number of amides is 2. The molecule has 0 aromatic heterocycles. The van der Waals surface area contributed by atoms with Gasteiger partial charge in [0.25, 0.3) is 0 Å². The second kappa shape index (κ2) is 5.26. The Kier molecular flexibility index (Phi) is 3.90. The van der Waals surface area contributed by atoms with E-state index < -0.39 is 0 Å². The summed E-state index contributed by atoms with van der Waals surface area (Å²) in [4.78, 5) is 25.5. The highest BCUT2D eigenvalue weighted by molar-refractivity contribution is 5.82. The Hall–Kier alpha value is -1.10. The molecule has 5 heteroatoms. The van der Waals surface area contributed by atoms with Crippen molar-refractivity contribution in [3.63, 3.8) is 0 Å². The monoisotopic (exact) mass is 253 g/mol. The lowest BCUT2D eigenvalue weighted by atomic mass is 9.88. The van der Waals surface area contributed by atoms with Gasteiger partial charge in [-0.2, -0.15) is 0 Å². The van der Waals surface area contributed by atoms with Gasteiger partial charge < -0.3 is 15.5 Å². The predicted molar refractivity (Wildman–Crippen MR) is 68.9 cm³/mol. The van der Waals surface area contributed by atoms with Crippen LogP contribution in [0.1, 0.15) is 26.2 Å². The van der Waals surface area contributed by atoms with Crippen LogP contribution in [-0.4, -0.2) is 49.4 Å². The molecular formula is C13H23N3O2. The first-order chi connectivity index (χ1) is 8.52. The Morgan fingerprint density at radius 1 is 1.44 bits per heavy atom. The van der Waals surface area contributed by atoms with Crippen LogP contribution in [0.2, 0.25) is 0 Å². The second-order valence-corrected chi connectivity index (χ2v) is 5.62. The van der Waals surface area contributed by atoms with E-state index in [0.29, 0.717) is 18.6 Å². The molecule has 0 aliphatic carbocycles. The molecule has 0 aromatic carbocycles. The molecule has 0 aromatic rings. The summed E-state index contributed by atoms with van der Waals surface area (Å²) < 4.78 is 0. The van der Waals surface area contributed by atoms with Crippen LogP contribution in [0.4, 0.5) is 0 Å². The van der Waals surface area contributed by atoms with E-state index in [4.69, 9.17) is 0 Å². The molecule has 2 fully saturated rings. The van der Waals surface area contributed by atoms with Gasteiger partial charge >= 0.3 is 0 Å². The largest absolute Gasteiger partial charge is 0.359 e. The van der Waals surface area contributed by atoms with Gasteiger partial charge in [0.15, 0.2) is 0 Å². The lowest BCUT2D eigenvalue weighted by Crippen LogP contribution is -2.42. The molecule has 18 heavy (non-hydrogen) atoms. The van der Waals surface area contributed by atoms with Gasteiger partial charge in [-0.3, -0.25) is 9.59 Å². The number of hydrogen-bond acceptors (Lipinski definition) is 3. The maximum Gasteiger partial charge on any atom is 0.227 e. The van der Waals surface area contributed by atoms with Gasteiger partial charge in [0.2, 0.25) is 11.8 Å². The highest BCUT2D eigenvalue weighted by Gasteiger charge is 2.43. The van der Waals surface area contributed by atoms with E-state index >= 15 is 0 Å². The van der Waals surface area contributed by atoms with Crippen LogP contribution in [0, 0.1) is 11.8 Å². The van der Waals surface area contributed by atoms with Crippen LogP contribution < -0.4 is 10.6 Å². The average molecular weight is 253 g/mol. The van der Waals surface area contributed by atoms with E-state index in [2.05, 4.69) is 10.6 Å². The smallest absolute Gasteiger partial charge is 0.227 e. The molecular weight excluding hydrogens is 230 g/mol. The number of carbonyl (C=O) groups is 2. The molecule has 2 rings (SSSR count). The molecule has 2 heterocycles. The van der Waals surface area contributed by atoms with Crippen molar-refractivity contribution < 1.29 is 9.59 Å². The van der Waals surface area contributed by atoms with Gasteiger partial charge in [0, 0.05) is 32.7 Å². The fourth-order valence-corrected chi connectivity index (χ4v) is 3.21. The molecule has 2 aliphatic rings. The van der Waals surface area contributed by atoms with Crippen LogP contribution in [-0.2, 0) is 9.59 Å². The summed E-state index contributed by atoms with van der Waals surface area (Å²) in [5.41, 5.74) is 0. The Labute approximate surface area is 108 Å². The minimum atomic E-state index is -0.157. The maximum absolute atomic E-state index is 12.3. The summed E-state index contributed by atoms with van der Waals surface area (Å²) in [5.74, 6) is 0.132. The zero-order valence-electron chi connectivity index (χ0n) is 11.4. The Bertz CT molecular complexity index is 345. The van der Waals surface area contributed by atoms with Crippen molar-refractivity contribution in [3.8, 4) is 0 Å². The van der Waals surface area contributed by atoms with Gasteiger partial charge in [-0.25, -0.2) is 0 Å². The van der Waals surface area contributed by atoms with E-state index in [1.54, 1.807) is 19.0 Å².